The Morgan fingerprint density at radius 3 is 2.35 bits per heavy atom. The Kier molecular flexibility index (Phi) is 6.69. The number of aromatic hydroxyl groups is 2. The molecule has 0 aromatic heterocycles. The van der Waals surface area contributed by atoms with Crippen LogP contribution in [-0.2, 0) is 4.74 Å². The minimum absolute atomic E-state index is 0.0458. The molecule has 0 heterocycles. The molecule has 0 saturated carbocycles. The van der Waals surface area contributed by atoms with Crippen LogP contribution in [0.1, 0.15) is 46.2 Å². The zero-order valence-electron chi connectivity index (χ0n) is 14.6. The van der Waals surface area contributed by atoms with Gasteiger partial charge in [-0.05, 0) is 46.8 Å². The lowest BCUT2D eigenvalue weighted by molar-refractivity contribution is 0.0261. The second kappa shape index (κ2) is 8.06. The molecule has 6 nitrogen and oxygen atoms in total. The standard InChI is InChI=1S/C17H28N2O4/c1-6-19(16(22)23-17(3,4)5)11-10-18-12(2)15-13(20)8-7-9-14(15)21/h7-9,12,18,20-21H,6,10-11H2,1-5H3. The van der Waals surface area contributed by atoms with Crippen LogP contribution < -0.4 is 5.32 Å². The Hall–Kier alpha value is -1.95. The first-order chi connectivity index (χ1) is 10.7. The Bertz CT molecular complexity index is 506. The molecule has 130 valence electrons. The van der Waals surface area contributed by atoms with Gasteiger partial charge in [-0.1, -0.05) is 6.07 Å². The summed E-state index contributed by atoms with van der Waals surface area (Å²) in [5.41, 5.74) is -0.0693. The van der Waals surface area contributed by atoms with Gasteiger partial charge >= 0.3 is 6.09 Å². The van der Waals surface area contributed by atoms with Gasteiger partial charge in [0, 0.05) is 25.7 Å². The molecule has 23 heavy (non-hydrogen) atoms. The van der Waals surface area contributed by atoms with E-state index in [0.29, 0.717) is 25.2 Å². The maximum Gasteiger partial charge on any atom is 0.410 e. The third-order valence-corrected chi connectivity index (χ3v) is 3.36. The van der Waals surface area contributed by atoms with Crippen LogP contribution in [0, 0.1) is 0 Å². The number of carbonyl (C=O) groups excluding carboxylic acids is 1. The number of likely N-dealkylation sites (N-methyl/N-ethyl adjacent to an activating group) is 1. The number of amides is 1. The lowest BCUT2D eigenvalue weighted by Crippen LogP contribution is -2.40. The molecule has 1 unspecified atom stereocenters. The molecule has 1 aromatic carbocycles. The van der Waals surface area contributed by atoms with Crippen LogP contribution in [0.4, 0.5) is 4.79 Å². The van der Waals surface area contributed by atoms with Crippen LogP contribution in [0.2, 0.25) is 0 Å². The van der Waals surface area contributed by atoms with Gasteiger partial charge in [-0.15, -0.1) is 0 Å². The van der Waals surface area contributed by atoms with Gasteiger partial charge in [-0.3, -0.25) is 0 Å². The highest BCUT2D eigenvalue weighted by Gasteiger charge is 2.21. The minimum Gasteiger partial charge on any atom is -0.507 e. The summed E-state index contributed by atoms with van der Waals surface area (Å²) in [5, 5.41) is 22.9. The van der Waals surface area contributed by atoms with Crippen LogP contribution in [0.3, 0.4) is 0 Å². The van der Waals surface area contributed by atoms with Crippen molar-refractivity contribution < 1.29 is 19.7 Å². The first-order valence-corrected chi connectivity index (χ1v) is 7.88. The molecule has 1 amide bonds. The molecule has 0 radical (unpaired) electrons. The molecule has 0 bridgehead atoms. The fourth-order valence-electron chi connectivity index (χ4n) is 2.21. The van der Waals surface area contributed by atoms with E-state index in [0.717, 1.165) is 0 Å². The predicted octanol–water partition coefficient (Wildman–Crippen LogP) is 3.01. The maximum atomic E-state index is 12.0. The van der Waals surface area contributed by atoms with Crippen molar-refractivity contribution in [1.82, 2.24) is 10.2 Å². The zero-order valence-corrected chi connectivity index (χ0v) is 14.6. The van der Waals surface area contributed by atoms with Crippen LogP contribution in [0.5, 0.6) is 11.5 Å². The van der Waals surface area contributed by atoms with Gasteiger partial charge < -0.3 is 25.2 Å². The number of nitrogens with one attached hydrogen (secondary N) is 1. The normalized spacial score (nSPS) is 12.7. The smallest absolute Gasteiger partial charge is 0.410 e. The van der Waals surface area contributed by atoms with Gasteiger partial charge in [0.2, 0.25) is 0 Å². The Morgan fingerprint density at radius 2 is 1.87 bits per heavy atom. The summed E-state index contributed by atoms with van der Waals surface area (Å²) in [6, 6.07) is 4.41. The number of hydrogen-bond acceptors (Lipinski definition) is 5. The van der Waals surface area contributed by atoms with Crippen molar-refractivity contribution in [3.8, 4) is 11.5 Å². The average Bonchev–Trinajstić information content (AvgIpc) is 2.41. The molecule has 0 spiro atoms. The quantitative estimate of drug-likeness (QED) is 0.749. The van der Waals surface area contributed by atoms with Crippen molar-refractivity contribution in [1.29, 1.82) is 0 Å². The van der Waals surface area contributed by atoms with Gasteiger partial charge in [0.1, 0.15) is 17.1 Å². The molecule has 6 heteroatoms. The van der Waals surface area contributed by atoms with Crippen molar-refractivity contribution in [2.75, 3.05) is 19.6 Å². The summed E-state index contributed by atoms with van der Waals surface area (Å²) < 4.78 is 5.35. The number of nitrogens with zero attached hydrogens (tertiary/aromatic N) is 1. The Balaban J connectivity index is 2.56. The summed E-state index contributed by atoms with van der Waals surface area (Å²) in [4.78, 5) is 13.6. The van der Waals surface area contributed by atoms with Crippen LogP contribution in [-0.4, -0.2) is 46.4 Å². The molecular weight excluding hydrogens is 296 g/mol. The van der Waals surface area contributed by atoms with Crippen molar-refractivity contribution in [3.05, 3.63) is 23.8 Å². The van der Waals surface area contributed by atoms with Gasteiger partial charge in [-0.25, -0.2) is 4.79 Å². The van der Waals surface area contributed by atoms with Crippen LogP contribution >= 0.6 is 0 Å². The highest BCUT2D eigenvalue weighted by atomic mass is 16.6. The summed E-state index contributed by atoms with van der Waals surface area (Å²) in [6.07, 6.45) is -0.347. The molecule has 0 aliphatic rings. The van der Waals surface area contributed by atoms with Crippen molar-refractivity contribution in [2.24, 2.45) is 0 Å². The zero-order chi connectivity index (χ0) is 17.6. The number of hydrogen-bond donors (Lipinski definition) is 3. The lowest BCUT2D eigenvalue weighted by atomic mass is 10.1. The van der Waals surface area contributed by atoms with Gasteiger partial charge in [0.25, 0.3) is 0 Å². The average molecular weight is 324 g/mol. The molecule has 0 aliphatic carbocycles. The highest BCUT2D eigenvalue weighted by Crippen LogP contribution is 2.31. The summed E-state index contributed by atoms with van der Waals surface area (Å²) in [6.45, 7) is 10.8. The maximum absolute atomic E-state index is 12.0. The van der Waals surface area contributed by atoms with E-state index in [1.165, 1.54) is 12.1 Å². The Morgan fingerprint density at radius 1 is 1.30 bits per heavy atom. The number of benzene rings is 1. The molecule has 1 rings (SSSR count). The van der Waals surface area contributed by atoms with E-state index < -0.39 is 5.60 Å². The van der Waals surface area contributed by atoms with Gasteiger partial charge in [-0.2, -0.15) is 0 Å². The molecule has 3 N–H and O–H groups in total. The van der Waals surface area contributed by atoms with Gasteiger partial charge in [0.05, 0.1) is 5.56 Å². The van der Waals surface area contributed by atoms with E-state index in [1.54, 1.807) is 11.0 Å². The fraction of sp³-hybridized carbons (Fsp3) is 0.588. The van der Waals surface area contributed by atoms with E-state index >= 15 is 0 Å². The SMILES string of the molecule is CCN(CCNC(C)c1c(O)cccc1O)C(=O)OC(C)(C)C. The summed E-state index contributed by atoms with van der Waals surface area (Å²) in [7, 11) is 0. The second-order valence-corrected chi connectivity index (χ2v) is 6.45. The first kappa shape index (κ1) is 19.1. The Labute approximate surface area is 138 Å². The molecule has 1 aromatic rings. The van der Waals surface area contributed by atoms with Crippen LogP contribution in [0.15, 0.2) is 18.2 Å². The van der Waals surface area contributed by atoms with E-state index in [9.17, 15) is 15.0 Å². The van der Waals surface area contributed by atoms with Crippen molar-refractivity contribution in [3.63, 3.8) is 0 Å². The van der Waals surface area contributed by atoms with E-state index in [4.69, 9.17) is 4.74 Å². The fourth-order valence-corrected chi connectivity index (χ4v) is 2.21. The first-order valence-electron chi connectivity index (χ1n) is 7.88. The molecule has 0 aliphatic heterocycles. The topological polar surface area (TPSA) is 82.0 Å². The second-order valence-electron chi connectivity index (χ2n) is 6.45. The van der Waals surface area contributed by atoms with E-state index in [1.807, 2.05) is 34.6 Å². The van der Waals surface area contributed by atoms with Gasteiger partial charge in [0.15, 0.2) is 0 Å². The number of rotatable bonds is 6. The lowest BCUT2D eigenvalue weighted by Gasteiger charge is -2.27. The number of carbonyl (C=O) groups is 1. The minimum atomic E-state index is -0.521. The largest absolute Gasteiger partial charge is 0.507 e. The molecular formula is C17H28N2O4. The van der Waals surface area contributed by atoms with Crippen LogP contribution in [0.25, 0.3) is 0 Å². The number of phenols is 2. The summed E-state index contributed by atoms with van der Waals surface area (Å²) >= 11 is 0. The third kappa shape index (κ3) is 5.98. The predicted molar refractivity (Wildman–Crippen MR) is 89.7 cm³/mol. The van der Waals surface area contributed by atoms with E-state index in [-0.39, 0.29) is 23.6 Å². The van der Waals surface area contributed by atoms with Crippen molar-refractivity contribution >= 4 is 6.09 Å². The van der Waals surface area contributed by atoms with E-state index in [2.05, 4.69) is 5.32 Å². The third-order valence-electron chi connectivity index (χ3n) is 3.36. The monoisotopic (exact) mass is 324 g/mol. The van der Waals surface area contributed by atoms with Crippen molar-refractivity contribution in [2.45, 2.75) is 46.3 Å². The molecule has 0 fully saturated rings. The summed E-state index contributed by atoms with van der Waals surface area (Å²) in [5.74, 6) is 0.0916. The molecule has 0 saturated heterocycles. The molecule has 1 atom stereocenters. The number of ether oxygens (including phenoxy) is 1. The number of phenolic OH excluding ortho intramolecular Hbond substituents is 2. The highest BCUT2D eigenvalue weighted by molar-refractivity contribution is 5.68.